The average molecular weight is 212 g/mol. The highest BCUT2D eigenvalue weighted by molar-refractivity contribution is 5.78. The second-order valence-electron chi connectivity index (χ2n) is 4.65. The SMILES string of the molecule is CCCCCCCCC(CCC)C(C)=O. The van der Waals surface area contributed by atoms with E-state index in [2.05, 4.69) is 13.8 Å². The second-order valence-corrected chi connectivity index (χ2v) is 4.65. The predicted octanol–water partition coefficient (Wildman–Crippen LogP) is 4.74. The molecule has 0 aliphatic carbocycles. The van der Waals surface area contributed by atoms with Gasteiger partial charge in [0.25, 0.3) is 0 Å². The summed E-state index contributed by atoms with van der Waals surface area (Å²) in [5.74, 6) is 0.742. The van der Waals surface area contributed by atoms with E-state index in [-0.39, 0.29) is 0 Å². The quantitative estimate of drug-likeness (QED) is 0.478. The van der Waals surface area contributed by atoms with Crippen molar-refractivity contribution in [1.82, 2.24) is 0 Å². The van der Waals surface area contributed by atoms with Gasteiger partial charge in [0.05, 0.1) is 0 Å². The normalized spacial score (nSPS) is 12.7. The first kappa shape index (κ1) is 14.7. The fraction of sp³-hybridized carbons (Fsp3) is 0.929. The number of hydrogen-bond acceptors (Lipinski definition) is 1. The van der Waals surface area contributed by atoms with E-state index >= 15 is 0 Å². The van der Waals surface area contributed by atoms with E-state index in [1.54, 1.807) is 6.92 Å². The summed E-state index contributed by atoms with van der Waals surface area (Å²) in [5.41, 5.74) is 0. The zero-order chi connectivity index (χ0) is 11.5. The van der Waals surface area contributed by atoms with Crippen molar-refractivity contribution in [3.8, 4) is 0 Å². The van der Waals surface area contributed by atoms with E-state index in [0.29, 0.717) is 11.7 Å². The molecule has 0 heterocycles. The van der Waals surface area contributed by atoms with Crippen LogP contribution in [-0.2, 0) is 4.79 Å². The molecule has 0 rings (SSSR count). The topological polar surface area (TPSA) is 17.1 Å². The lowest BCUT2D eigenvalue weighted by molar-refractivity contribution is -0.121. The Labute approximate surface area is 95.6 Å². The Hall–Kier alpha value is -0.330. The van der Waals surface area contributed by atoms with Crippen LogP contribution in [0.15, 0.2) is 0 Å². The van der Waals surface area contributed by atoms with Crippen molar-refractivity contribution in [2.45, 2.75) is 78.6 Å². The monoisotopic (exact) mass is 212 g/mol. The van der Waals surface area contributed by atoms with Crippen LogP contribution in [0.5, 0.6) is 0 Å². The van der Waals surface area contributed by atoms with E-state index in [9.17, 15) is 4.79 Å². The van der Waals surface area contributed by atoms with E-state index in [1.165, 1.54) is 38.5 Å². The van der Waals surface area contributed by atoms with Gasteiger partial charge >= 0.3 is 0 Å². The van der Waals surface area contributed by atoms with Gasteiger partial charge in [0.15, 0.2) is 0 Å². The van der Waals surface area contributed by atoms with Crippen LogP contribution in [0.2, 0.25) is 0 Å². The first-order chi connectivity index (χ1) is 7.22. The first-order valence-electron chi connectivity index (χ1n) is 6.72. The zero-order valence-electron chi connectivity index (χ0n) is 10.8. The number of hydrogen-bond donors (Lipinski definition) is 0. The molecule has 0 aromatic heterocycles. The Morgan fingerprint density at radius 1 is 0.867 bits per heavy atom. The van der Waals surface area contributed by atoms with Crippen LogP contribution in [0, 0.1) is 5.92 Å². The summed E-state index contributed by atoms with van der Waals surface area (Å²) in [5, 5.41) is 0. The lowest BCUT2D eigenvalue weighted by Crippen LogP contribution is -2.10. The van der Waals surface area contributed by atoms with Crippen LogP contribution in [0.4, 0.5) is 0 Å². The molecule has 0 bridgehead atoms. The number of rotatable bonds is 10. The molecule has 0 aromatic carbocycles. The van der Waals surface area contributed by atoms with Gasteiger partial charge in [-0.1, -0.05) is 58.8 Å². The van der Waals surface area contributed by atoms with Crippen LogP contribution in [-0.4, -0.2) is 5.78 Å². The number of carbonyl (C=O) groups excluding carboxylic acids is 1. The largest absolute Gasteiger partial charge is 0.300 e. The summed E-state index contributed by atoms with van der Waals surface area (Å²) in [7, 11) is 0. The fourth-order valence-electron chi connectivity index (χ4n) is 2.07. The Balaban J connectivity index is 3.41. The van der Waals surface area contributed by atoms with Gasteiger partial charge in [0.1, 0.15) is 5.78 Å². The molecule has 0 aromatic rings. The van der Waals surface area contributed by atoms with Gasteiger partial charge in [-0.3, -0.25) is 4.79 Å². The highest BCUT2D eigenvalue weighted by atomic mass is 16.1. The second kappa shape index (κ2) is 10.2. The third-order valence-electron chi connectivity index (χ3n) is 3.12. The fourth-order valence-corrected chi connectivity index (χ4v) is 2.07. The van der Waals surface area contributed by atoms with Crippen LogP contribution < -0.4 is 0 Å². The zero-order valence-corrected chi connectivity index (χ0v) is 10.8. The molecule has 0 aliphatic heterocycles. The van der Waals surface area contributed by atoms with Crippen LogP contribution >= 0.6 is 0 Å². The van der Waals surface area contributed by atoms with E-state index in [0.717, 1.165) is 19.3 Å². The maximum atomic E-state index is 11.3. The molecular weight excluding hydrogens is 184 g/mol. The highest BCUT2D eigenvalue weighted by Gasteiger charge is 2.11. The molecular formula is C14H28O. The van der Waals surface area contributed by atoms with E-state index < -0.39 is 0 Å². The summed E-state index contributed by atoms with van der Waals surface area (Å²) in [4.78, 5) is 11.3. The molecule has 0 saturated heterocycles. The Morgan fingerprint density at radius 3 is 2.00 bits per heavy atom. The van der Waals surface area contributed by atoms with Crippen molar-refractivity contribution in [2.24, 2.45) is 5.92 Å². The van der Waals surface area contributed by atoms with Gasteiger partial charge in [-0.25, -0.2) is 0 Å². The number of Topliss-reactive ketones (excluding diaryl/α,β-unsaturated/α-hetero) is 1. The molecule has 90 valence electrons. The summed E-state index contributed by atoms with van der Waals surface area (Å²) in [6, 6.07) is 0. The van der Waals surface area contributed by atoms with Crippen LogP contribution in [0.1, 0.15) is 78.6 Å². The van der Waals surface area contributed by atoms with Gasteiger partial charge < -0.3 is 0 Å². The third-order valence-corrected chi connectivity index (χ3v) is 3.12. The minimum atomic E-state index is 0.348. The van der Waals surface area contributed by atoms with Crippen molar-refractivity contribution in [3.63, 3.8) is 0 Å². The number of unbranched alkanes of at least 4 members (excludes halogenated alkanes) is 5. The molecule has 0 radical (unpaired) electrons. The maximum absolute atomic E-state index is 11.3. The minimum absolute atomic E-state index is 0.348. The van der Waals surface area contributed by atoms with Crippen molar-refractivity contribution in [2.75, 3.05) is 0 Å². The van der Waals surface area contributed by atoms with Crippen molar-refractivity contribution in [1.29, 1.82) is 0 Å². The standard InChI is InChI=1S/C14H28O/c1-4-6-7-8-9-10-12-14(11-5-2)13(3)15/h14H,4-12H2,1-3H3. The Kier molecular flexibility index (Phi) is 9.97. The summed E-state index contributed by atoms with van der Waals surface area (Å²) in [6.45, 7) is 6.15. The molecule has 0 amide bonds. The molecule has 0 fully saturated rings. The average Bonchev–Trinajstić information content (AvgIpc) is 2.21. The summed E-state index contributed by atoms with van der Waals surface area (Å²) in [6.07, 6.45) is 11.3. The summed E-state index contributed by atoms with van der Waals surface area (Å²) < 4.78 is 0. The number of ketones is 1. The van der Waals surface area contributed by atoms with Crippen LogP contribution in [0.25, 0.3) is 0 Å². The highest BCUT2D eigenvalue weighted by Crippen LogP contribution is 2.17. The lowest BCUT2D eigenvalue weighted by Gasteiger charge is -2.11. The third kappa shape index (κ3) is 8.65. The molecule has 0 saturated carbocycles. The van der Waals surface area contributed by atoms with Gasteiger partial charge in [0, 0.05) is 5.92 Å². The van der Waals surface area contributed by atoms with E-state index in [4.69, 9.17) is 0 Å². The summed E-state index contributed by atoms with van der Waals surface area (Å²) >= 11 is 0. The Bertz CT molecular complexity index is 151. The maximum Gasteiger partial charge on any atom is 0.132 e. The molecule has 1 heteroatoms. The molecule has 0 spiro atoms. The van der Waals surface area contributed by atoms with Gasteiger partial charge in [-0.2, -0.15) is 0 Å². The van der Waals surface area contributed by atoms with Crippen molar-refractivity contribution >= 4 is 5.78 Å². The molecule has 1 nitrogen and oxygen atoms in total. The Morgan fingerprint density at radius 2 is 1.47 bits per heavy atom. The first-order valence-corrected chi connectivity index (χ1v) is 6.72. The smallest absolute Gasteiger partial charge is 0.132 e. The molecule has 1 atom stereocenters. The van der Waals surface area contributed by atoms with Gasteiger partial charge in [-0.15, -0.1) is 0 Å². The molecule has 1 unspecified atom stereocenters. The van der Waals surface area contributed by atoms with Gasteiger partial charge in [0.2, 0.25) is 0 Å². The van der Waals surface area contributed by atoms with Crippen LogP contribution in [0.3, 0.4) is 0 Å². The number of carbonyl (C=O) groups is 1. The van der Waals surface area contributed by atoms with Gasteiger partial charge in [-0.05, 0) is 19.8 Å². The molecule has 0 N–H and O–H groups in total. The minimum Gasteiger partial charge on any atom is -0.300 e. The van der Waals surface area contributed by atoms with Crippen molar-refractivity contribution < 1.29 is 4.79 Å². The van der Waals surface area contributed by atoms with Crippen molar-refractivity contribution in [3.05, 3.63) is 0 Å². The lowest BCUT2D eigenvalue weighted by atomic mass is 9.93. The predicted molar refractivity (Wildman–Crippen MR) is 67.1 cm³/mol. The van der Waals surface area contributed by atoms with E-state index in [1.807, 2.05) is 0 Å². The molecule has 15 heavy (non-hydrogen) atoms. The molecule has 0 aliphatic rings.